The standard InChI is InChI=1S/C25H26N2O5S/c1-3-31-20-8-6-7-19(15-20)16-26-25(28)24-17-27(22-9-4-5-10-23(22)32-24)33(29,30)21-13-11-18(2)12-14-21/h4-15,24H,3,16-17H2,1-2H3,(H,26,28). The van der Waals surface area contributed by atoms with Gasteiger partial charge in [0.25, 0.3) is 15.9 Å². The molecule has 0 aliphatic carbocycles. The van der Waals surface area contributed by atoms with E-state index in [1.54, 1.807) is 48.5 Å². The molecular formula is C25H26N2O5S. The highest BCUT2D eigenvalue weighted by Crippen LogP contribution is 2.36. The van der Waals surface area contributed by atoms with E-state index in [1.165, 1.54) is 4.31 Å². The summed E-state index contributed by atoms with van der Waals surface area (Å²) in [5.74, 6) is 0.677. The maximum atomic E-state index is 13.4. The van der Waals surface area contributed by atoms with Crippen LogP contribution in [0, 0.1) is 6.92 Å². The lowest BCUT2D eigenvalue weighted by atomic mass is 10.2. The number of anilines is 1. The van der Waals surface area contributed by atoms with Gasteiger partial charge in [0.1, 0.15) is 11.5 Å². The molecule has 1 unspecified atom stereocenters. The topological polar surface area (TPSA) is 84.9 Å². The monoisotopic (exact) mass is 466 g/mol. The molecule has 0 spiro atoms. The van der Waals surface area contributed by atoms with Crippen LogP contribution in [0.25, 0.3) is 0 Å². The lowest BCUT2D eigenvalue weighted by Gasteiger charge is -2.34. The number of fused-ring (bicyclic) bond motifs is 1. The highest BCUT2D eigenvalue weighted by molar-refractivity contribution is 7.92. The fourth-order valence-corrected chi connectivity index (χ4v) is 5.09. The first-order valence-corrected chi connectivity index (χ1v) is 12.2. The number of benzene rings is 3. The second-order valence-electron chi connectivity index (χ2n) is 7.72. The van der Waals surface area contributed by atoms with Gasteiger partial charge in [0.15, 0.2) is 6.10 Å². The van der Waals surface area contributed by atoms with Crippen LogP contribution >= 0.6 is 0 Å². The molecule has 0 saturated carbocycles. The third-order valence-electron chi connectivity index (χ3n) is 5.31. The Morgan fingerprint density at radius 2 is 1.85 bits per heavy atom. The SMILES string of the molecule is CCOc1cccc(CNC(=O)C2CN(S(=O)(=O)c3ccc(C)cc3)c3ccccc3O2)c1. The Bertz CT molecular complexity index is 1240. The van der Waals surface area contributed by atoms with Gasteiger partial charge >= 0.3 is 0 Å². The Hall–Kier alpha value is -3.52. The first-order chi connectivity index (χ1) is 15.9. The van der Waals surface area contributed by atoms with Crippen molar-refractivity contribution >= 4 is 21.6 Å². The smallest absolute Gasteiger partial charge is 0.264 e. The van der Waals surface area contributed by atoms with Gasteiger partial charge < -0.3 is 14.8 Å². The number of aryl methyl sites for hydroxylation is 1. The van der Waals surface area contributed by atoms with Crippen LogP contribution in [0.3, 0.4) is 0 Å². The number of para-hydroxylation sites is 2. The molecule has 1 N–H and O–H groups in total. The fourth-order valence-electron chi connectivity index (χ4n) is 3.62. The molecule has 0 radical (unpaired) electrons. The Morgan fingerprint density at radius 3 is 2.61 bits per heavy atom. The minimum Gasteiger partial charge on any atom is -0.494 e. The average Bonchev–Trinajstić information content (AvgIpc) is 2.82. The van der Waals surface area contributed by atoms with Crippen molar-refractivity contribution in [3.05, 3.63) is 83.9 Å². The van der Waals surface area contributed by atoms with Crippen LogP contribution in [0.2, 0.25) is 0 Å². The minimum atomic E-state index is -3.88. The zero-order valence-electron chi connectivity index (χ0n) is 18.5. The molecule has 3 aromatic rings. The molecule has 1 aliphatic heterocycles. The zero-order chi connectivity index (χ0) is 23.4. The first kappa shape index (κ1) is 22.7. The number of carbonyl (C=O) groups is 1. The highest BCUT2D eigenvalue weighted by atomic mass is 32.2. The third kappa shape index (κ3) is 4.96. The normalized spacial score (nSPS) is 15.3. The number of hydrogen-bond acceptors (Lipinski definition) is 5. The van der Waals surface area contributed by atoms with Crippen molar-refractivity contribution in [2.45, 2.75) is 31.4 Å². The number of nitrogens with one attached hydrogen (secondary N) is 1. The predicted molar refractivity (Wildman–Crippen MR) is 126 cm³/mol. The number of amides is 1. The van der Waals surface area contributed by atoms with Gasteiger partial charge in [0.2, 0.25) is 0 Å². The van der Waals surface area contributed by atoms with Gasteiger partial charge in [-0.25, -0.2) is 8.42 Å². The number of nitrogens with zero attached hydrogens (tertiary/aromatic N) is 1. The molecule has 8 heteroatoms. The summed E-state index contributed by atoms with van der Waals surface area (Å²) in [6.45, 7) is 4.49. The molecule has 1 atom stereocenters. The Labute approximate surface area is 194 Å². The van der Waals surface area contributed by atoms with E-state index in [-0.39, 0.29) is 18.0 Å². The van der Waals surface area contributed by atoms with Gasteiger partial charge in [-0.1, -0.05) is 42.0 Å². The summed E-state index contributed by atoms with van der Waals surface area (Å²) in [4.78, 5) is 13.1. The summed E-state index contributed by atoms with van der Waals surface area (Å²) in [7, 11) is -3.88. The average molecular weight is 467 g/mol. The number of carbonyl (C=O) groups excluding carboxylic acids is 1. The van der Waals surface area contributed by atoms with Crippen LogP contribution in [0.5, 0.6) is 11.5 Å². The summed E-state index contributed by atoms with van der Waals surface area (Å²) in [6.07, 6.45) is -0.991. The first-order valence-electron chi connectivity index (χ1n) is 10.7. The maximum absolute atomic E-state index is 13.4. The van der Waals surface area contributed by atoms with Gasteiger partial charge in [-0.3, -0.25) is 9.10 Å². The van der Waals surface area contributed by atoms with Crippen LogP contribution in [-0.2, 0) is 21.4 Å². The second kappa shape index (κ2) is 9.54. The van der Waals surface area contributed by atoms with Crippen LogP contribution < -0.4 is 19.1 Å². The summed E-state index contributed by atoms with van der Waals surface area (Å²) in [5, 5.41) is 2.85. The Balaban J connectivity index is 1.55. The molecule has 172 valence electrons. The van der Waals surface area contributed by atoms with Crippen LogP contribution in [0.1, 0.15) is 18.1 Å². The third-order valence-corrected chi connectivity index (χ3v) is 7.11. The molecule has 33 heavy (non-hydrogen) atoms. The zero-order valence-corrected chi connectivity index (χ0v) is 19.3. The molecule has 1 heterocycles. The van der Waals surface area contributed by atoms with Crippen LogP contribution in [-0.4, -0.2) is 33.6 Å². The molecule has 0 saturated heterocycles. The van der Waals surface area contributed by atoms with Crippen molar-refractivity contribution in [2.24, 2.45) is 0 Å². The number of ether oxygens (including phenoxy) is 2. The minimum absolute atomic E-state index is 0.127. The summed E-state index contributed by atoms with van der Waals surface area (Å²) in [5.41, 5.74) is 2.24. The summed E-state index contributed by atoms with van der Waals surface area (Å²) in [6, 6.07) is 20.9. The lowest BCUT2D eigenvalue weighted by molar-refractivity contribution is -0.127. The van der Waals surface area contributed by atoms with Gasteiger partial charge in [-0.05, 0) is 55.8 Å². The van der Waals surface area contributed by atoms with E-state index >= 15 is 0 Å². The van der Waals surface area contributed by atoms with E-state index in [4.69, 9.17) is 9.47 Å². The quantitative estimate of drug-likeness (QED) is 0.574. The van der Waals surface area contributed by atoms with Crippen molar-refractivity contribution in [1.82, 2.24) is 5.32 Å². The van der Waals surface area contributed by atoms with Crippen molar-refractivity contribution < 1.29 is 22.7 Å². The fraction of sp³-hybridized carbons (Fsp3) is 0.240. The Kier molecular flexibility index (Phi) is 6.55. The van der Waals surface area contributed by atoms with Crippen molar-refractivity contribution in [3.8, 4) is 11.5 Å². The molecule has 1 amide bonds. The predicted octanol–water partition coefficient (Wildman–Crippen LogP) is 3.67. The molecule has 1 aliphatic rings. The number of sulfonamides is 1. The lowest BCUT2D eigenvalue weighted by Crippen LogP contribution is -2.50. The Morgan fingerprint density at radius 1 is 1.09 bits per heavy atom. The summed E-state index contributed by atoms with van der Waals surface area (Å²) >= 11 is 0. The molecule has 4 rings (SSSR count). The van der Waals surface area contributed by atoms with E-state index in [2.05, 4.69) is 5.32 Å². The van der Waals surface area contributed by atoms with Gasteiger partial charge in [0.05, 0.1) is 23.7 Å². The molecular weight excluding hydrogens is 440 g/mol. The van der Waals surface area contributed by atoms with Crippen LogP contribution in [0.15, 0.2) is 77.7 Å². The van der Waals surface area contributed by atoms with E-state index in [0.717, 1.165) is 16.9 Å². The van der Waals surface area contributed by atoms with E-state index in [0.29, 0.717) is 18.0 Å². The van der Waals surface area contributed by atoms with Crippen molar-refractivity contribution in [3.63, 3.8) is 0 Å². The van der Waals surface area contributed by atoms with Gasteiger partial charge in [-0.2, -0.15) is 0 Å². The molecule has 0 fully saturated rings. The molecule has 0 bridgehead atoms. The summed E-state index contributed by atoms with van der Waals surface area (Å²) < 4.78 is 39.5. The van der Waals surface area contributed by atoms with Gasteiger partial charge in [0, 0.05) is 6.54 Å². The number of rotatable bonds is 7. The van der Waals surface area contributed by atoms with Crippen molar-refractivity contribution in [1.29, 1.82) is 0 Å². The highest BCUT2D eigenvalue weighted by Gasteiger charge is 2.37. The van der Waals surface area contributed by atoms with E-state index in [1.807, 2.05) is 38.1 Å². The molecule has 7 nitrogen and oxygen atoms in total. The van der Waals surface area contributed by atoms with Gasteiger partial charge in [-0.15, -0.1) is 0 Å². The largest absolute Gasteiger partial charge is 0.494 e. The maximum Gasteiger partial charge on any atom is 0.264 e. The van der Waals surface area contributed by atoms with Crippen molar-refractivity contribution in [2.75, 3.05) is 17.5 Å². The van der Waals surface area contributed by atoms with E-state index < -0.39 is 22.0 Å². The number of hydrogen-bond donors (Lipinski definition) is 1. The molecule has 3 aromatic carbocycles. The second-order valence-corrected chi connectivity index (χ2v) is 9.58. The van der Waals surface area contributed by atoms with E-state index in [9.17, 15) is 13.2 Å². The van der Waals surface area contributed by atoms with Crippen LogP contribution in [0.4, 0.5) is 5.69 Å². The molecule has 0 aromatic heterocycles.